The van der Waals surface area contributed by atoms with Crippen molar-refractivity contribution in [3.63, 3.8) is 0 Å². The zero-order chi connectivity index (χ0) is 27.6. The van der Waals surface area contributed by atoms with Gasteiger partial charge in [-0.15, -0.1) is 0 Å². The van der Waals surface area contributed by atoms with Crippen molar-refractivity contribution in [2.24, 2.45) is 23.7 Å². The van der Waals surface area contributed by atoms with Gasteiger partial charge in [0.25, 0.3) is 0 Å². The van der Waals surface area contributed by atoms with Crippen molar-refractivity contribution in [1.29, 1.82) is 0 Å². The van der Waals surface area contributed by atoms with Gasteiger partial charge < -0.3 is 4.90 Å². The largest absolute Gasteiger partial charge is 0.342 e. The number of benzene rings is 1. The third-order valence-corrected chi connectivity index (χ3v) is 11.0. The van der Waals surface area contributed by atoms with E-state index in [1.807, 2.05) is 13.1 Å². The van der Waals surface area contributed by atoms with E-state index in [9.17, 15) is 4.79 Å². The highest BCUT2D eigenvalue weighted by Crippen LogP contribution is 2.45. The van der Waals surface area contributed by atoms with Crippen molar-refractivity contribution in [2.75, 3.05) is 13.6 Å². The van der Waals surface area contributed by atoms with Gasteiger partial charge in [0.2, 0.25) is 5.91 Å². The number of amides is 1. The summed E-state index contributed by atoms with van der Waals surface area (Å²) in [4.78, 5) is 13.4. The van der Waals surface area contributed by atoms with E-state index in [-0.39, 0.29) is 11.7 Å². The molecule has 0 spiro atoms. The predicted octanol–water partition coefficient (Wildman–Crippen LogP) is 10.2. The van der Waals surface area contributed by atoms with Crippen LogP contribution in [0.4, 0.5) is 4.39 Å². The zero-order valence-electron chi connectivity index (χ0n) is 25.1. The second-order valence-electron chi connectivity index (χ2n) is 13.5. The summed E-state index contributed by atoms with van der Waals surface area (Å²) >= 11 is 0. The molecule has 0 atom stereocenters. The number of hydrogen-bond acceptors (Lipinski definition) is 1. The first-order chi connectivity index (χ1) is 19.0. The summed E-state index contributed by atoms with van der Waals surface area (Å²) in [5, 5.41) is 0. The van der Waals surface area contributed by atoms with Crippen molar-refractivity contribution < 1.29 is 9.18 Å². The molecule has 1 amide bonds. The standard InChI is InChI=1S/C36H56FNO/c1-4-6-7-9-27-13-17-31(18-14-27)33-23-24-34(35(37)26-33)32-21-19-30(20-22-32)29-15-11-28(12-16-29)10-8-25-38(3)36(39)5-2/h5,23-24,26-32H,2,4,6-22,25H2,1,3H3. The number of unbranched alkanes of at least 4 members (excludes halogenated alkanes) is 2. The molecule has 0 unspecified atom stereocenters. The smallest absolute Gasteiger partial charge is 0.245 e. The van der Waals surface area contributed by atoms with Crippen LogP contribution in [0, 0.1) is 29.5 Å². The molecule has 0 aliphatic heterocycles. The topological polar surface area (TPSA) is 20.3 Å². The van der Waals surface area contributed by atoms with Crippen molar-refractivity contribution in [3.05, 3.63) is 47.8 Å². The molecule has 39 heavy (non-hydrogen) atoms. The Hall–Kier alpha value is -1.64. The van der Waals surface area contributed by atoms with Gasteiger partial charge >= 0.3 is 0 Å². The molecular formula is C36H56FNO. The normalized spacial score (nSPS) is 29.6. The highest BCUT2D eigenvalue weighted by Gasteiger charge is 2.32. The van der Waals surface area contributed by atoms with Gasteiger partial charge in [0, 0.05) is 13.6 Å². The van der Waals surface area contributed by atoms with E-state index in [1.54, 1.807) is 4.90 Å². The van der Waals surface area contributed by atoms with Crippen molar-refractivity contribution in [2.45, 2.75) is 134 Å². The molecule has 0 aromatic heterocycles. The maximum atomic E-state index is 15.4. The summed E-state index contributed by atoms with van der Waals surface area (Å²) in [6, 6.07) is 6.35. The molecule has 218 valence electrons. The number of hydrogen-bond donors (Lipinski definition) is 0. The lowest BCUT2D eigenvalue weighted by molar-refractivity contribution is -0.124. The zero-order valence-corrected chi connectivity index (χ0v) is 25.1. The molecule has 0 N–H and O–H groups in total. The van der Waals surface area contributed by atoms with Gasteiger partial charge in [-0.25, -0.2) is 4.39 Å². The highest BCUT2D eigenvalue weighted by atomic mass is 19.1. The lowest BCUT2D eigenvalue weighted by Gasteiger charge is -2.38. The molecule has 3 heteroatoms. The van der Waals surface area contributed by atoms with Gasteiger partial charge in [0.05, 0.1) is 0 Å². The van der Waals surface area contributed by atoms with Crippen molar-refractivity contribution in [3.8, 4) is 0 Å². The van der Waals surface area contributed by atoms with Crippen LogP contribution < -0.4 is 0 Å². The fourth-order valence-corrected chi connectivity index (χ4v) is 8.33. The van der Waals surface area contributed by atoms with Crippen LogP contribution in [0.15, 0.2) is 30.9 Å². The van der Waals surface area contributed by atoms with Crippen LogP contribution in [0.3, 0.4) is 0 Å². The Morgan fingerprint density at radius 3 is 2.00 bits per heavy atom. The molecule has 4 rings (SSSR count). The fourth-order valence-electron chi connectivity index (χ4n) is 8.33. The van der Waals surface area contributed by atoms with Gasteiger partial charge in [0.15, 0.2) is 0 Å². The van der Waals surface area contributed by atoms with E-state index in [1.165, 1.54) is 108 Å². The third-order valence-electron chi connectivity index (χ3n) is 11.0. The quantitative estimate of drug-likeness (QED) is 0.192. The minimum absolute atomic E-state index is 0.0283. The van der Waals surface area contributed by atoms with Crippen molar-refractivity contribution >= 4 is 5.91 Å². The van der Waals surface area contributed by atoms with E-state index in [0.29, 0.717) is 11.8 Å². The Kier molecular flexibility index (Phi) is 12.0. The SMILES string of the molecule is C=CC(=O)N(C)CCCC1CCC(C2CCC(c3ccc(C4CCC(CCCCC)CC4)cc3F)CC2)CC1. The van der Waals surface area contributed by atoms with E-state index in [2.05, 4.69) is 25.6 Å². The van der Waals surface area contributed by atoms with Crippen LogP contribution >= 0.6 is 0 Å². The number of nitrogens with zero attached hydrogens (tertiary/aromatic N) is 1. The first kappa shape index (κ1) is 30.3. The van der Waals surface area contributed by atoms with Crippen LogP contribution in [0.2, 0.25) is 0 Å². The summed E-state index contributed by atoms with van der Waals surface area (Å²) in [5.41, 5.74) is 2.25. The Balaban J connectivity index is 1.17. The molecule has 2 nitrogen and oxygen atoms in total. The number of carbonyl (C=O) groups is 1. The van der Waals surface area contributed by atoms with E-state index in [0.717, 1.165) is 55.0 Å². The molecule has 1 aromatic carbocycles. The van der Waals surface area contributed by atoms with Crippen LogP contribution in [0.1, 0.15) is 145 Å². The van der Waals surface area contributed by atoms with Crippen LogP contribution in [-0.2, 0) is 4.79 Å². The lowest BCUT2D eigenvalue weighted by Crippen LogP contribution is -2.27. The van der Waals surface area contributed by atoms with Crippen LogP contribution in [-0.4, -0.2) is 24.4 Å². The Labute approximate surface area is 239 Å². The Bertz CT molecular complexity index is 887. The summed E-state index contributed by atoms with van der Waals surface area (Å²) in [7, 11) is 1.87. The molecule has 0 saturated heterocycles. The Morgan fingerprint density at radius 1 is 0.846 bits per heavy atom. The summed E-state index contributed by atoms with van der Waals surface area (Å²) in [5.74, 6) is 4.53. The minimum Gasteiger partial charge on any atom is -0.342 e. The molecule has 3 fully saturated rings. The summed E-state index contributed by atoms with van der Waals surface area (Å²) in [6.45, 7) is 6.71. The van der Waals surface area contributed by atoms with Crippen LogP contribution in [0.5, 0.6) is 0 Å². The average molecular weight is 538 g/mol. The van der Waals surface area contributed by atoms with E-state index in [4.69, 9.17) is 0 Å². The minimum atomic E-state index is 0.0283. The number of carbonyl (C=O) groups excluding carboxylic acids is 1. The summed E-state index contributed by atoms with van der Waals surface area (Å²) in [6.07, 6.45) is 24.7. The highest BCUT2D eigenvalue weighted by molar-refractivity contribution is 5.86. The first-order valence-corrected chi connectivity index (χ1v) is 16.6. The van der Waals surface area contributed by atoms with Crippen molar-refractivity contribution in [1.82, 2.24) is 4.90 Å². The van der Waals surface area contributed by atoms with Gasteiger partial charge in [0.1, 0.15) is 5.82 Å². The molecule has 3 saturated carbocycles. The van der Waals surface area contributed by atoms with E-state index >= 15 is 4.39 Å². The first-order valence-electron chi connectivity index (χ1n) is 16.6. The van der Waals surface area contributed by atoms with E-state index < -0.39 is 0 Å². The second-order valence-corrected chi connectivity index (χ2v) is 13.5. The molecule has 0 radical (unpaired) electrons. The average Bonchev–Trinajstić information content (AvgIpc) is 2.97. The van der Waals surface area contributed by atoms with Gasteiger partial charge in [-0.2, -0.15) is 0 Å². The summed E-state index contributed by atoms with van der Waals surface area (Å²) < 4.78 is 15.4. The molecule has 0 heterocycles. The molecule has 0 bridgehead atoms. The fraction of sp³-hybridized carbons (Fsp3) is 0.750. The predicted molar refractivity (Wildman–Crippen MR) is 162 cm³/mol. The van der Waals surface area contributed by atoms with Gasteiger partial charge in [-0.05, 0) is 136 Å². The molecular weight excluding hydrogens is 481 g/mol. The molecule has 3 aliphatic carbocycles. The number of likely N-dealkylation sites (N-methyl/N-ethyl adjacent to an activating group) is 1. The van der Waals surface area contributed by atoms with Gasteiger partial charge in [-0.1, -0.05) is 64.2 Å². The monoisotopic (exact) mass is 537 g/mol. The molecule has 3 aliphatic rings. The second kappa shape index (κ2) is 15.4. The molecule has 1 aromatic rings. The maximum Gasteiger partial charge on any atom is 0.245 e. The lowest BCUT2D eigenvalue weighted by atomic mass is 9.68. The van der Waals surface area contributed by atoms with Gasteiger partial charge in [-0.3, -0.25) is 4.79 Å². The maximum absolute atomic E-state index is 15.4. The Morgan fingerprint density at radius 2 is 1.41 bits per heavy atom. The number of halogens is 1. The number of rotatable bonds is 12. The third kappa shape index (κ3) is 8.67. The van der Waals surface area contributed by atoms with Crippen LogP contribution in [0.25, 0.3) is 0 Å².